The highest BCUT2D eigenvalue weighted by atomic mass is 19.4. The van der Waals surface area contributed by atoms with Crippen LogP contribution in [0.3, 0.4) is 0 Å². The van der Waals surface area contributed by atoms with E-state index in [2.05, 4.69) is 0 Å². The van der Waals surface area contributed by atoms with Crippen LogP contribution in [0.4, 0.5) is 13.2 Å². The molecule has 8 heteroatoms. The predicted molar refractivity (Wildman–Crippen MR) is 74.8 cm³/mol. The van der Waals surface area contributed by atoms with E-state index >= 15 is 0 Å². The number of carbonyl (C=O) groups is 1. The first-order valence-electron chi connectivity index (χ1n) is 6.80. The number of ether oxygens (including phenoxy) is 3. The maximum Gasteiger partial charge on any atom is 0.416 e. The Balaban J connectivity index is 2.99. The number of aliphatic carboxylic acids is 1. The Morgan fingerprint density at radius 3 is 2.09 bits per heavy atom. The highest BCUT2D eigenvalue weighted by Crippen LogP contribution is 2.30. The predicted octanol–water partition coefficient (Wildman–Crippen LogP) is 3.45. The number of carboxylic acid groups (broad SMARTS) is 1. The van der Waals surface area contributed by atoms with Crippen LogP contribution in [0, 0.1) is 0 Å². The van der Waals surface area contributed by atoms with Gasteiger partial charge in [0.1, 0.15) is 5.75 Å². The Morgan fingerprint density at radius 1 is 1.17 bits per heavy atom. The van der Waals surface area contributed by atoms with Crippen LogP contribution in [-0.2, 0) is 20.4 Å². The van der Waals surface area contributed by atoms with Crippen molar-refractivity contribution < 1.29 is 37.3 Å². The third-order valence-electron chi connectivity index (χ3n) is 2.55. The molecule has 0 saturated heterocycles. The molecule has 0 unspecified atom stereocenters. The molecule has 0 aromatic heterocycles. The van der Waals surface area contributed by atoms with Gasteiger partial charge >= 0.3 is 12.1 Å². The summed E-state index contributed by atoms with van der Waals surface area (Å²) in [6.07, 6.45) is -4.78. The Hall–Kier alpha value is -2.06. The Labute approximate surface area is 131 Å². The van der Waals surface area contributed by atoms with E-state index in [0.29, 0.717) is 0 Å². The summed E-state index contributed by atoms with van der Waals surface area (Å²) >= 11 is 0. The smallest absolute Gasteiger partial charge is 0.416 e. The summed E-state index contributed by atoms with van der Waals surface area (Å²) in [6.45, 7) is 3.83. The number of alkyl halides is 3. The average molecular weight is 334 g/mol. The summed E-state index contributed by atoms with van der Waals surface area (Å²) in [5, 5.41) is 8.88. The maximum absolute atomic E-state index is 12.5. The van der Waals surface area contributed by atoms with Crippen molar-refractivity contribution in [3.8, 4) is 5.75 Å². The zero-order valence-electron chi connectivity index (χ0n) is 12.6. The molecule has 0 bridgehead atoms. The molecule has 23 heavy (non-hydrogen) atoms. The molecule has 5 nitrogen and oxygen atoms in total. The third kappa shape index (κ3) is 6.29. The van der Waals surface area contributed by atoms with Crippen molar-refractivity contribution >= 4 is 5.97 Å². The monoisotopic (exact) mass is 334 g/mol. The van der Waals surface area contributed by atoms with Gasteiger partial charge in [0.15, 0.2) is 5.76 Å². The van der Waals surface area contributed by atoms with Gasteiger partial charge in [0.25, 0.3) is 0 Å². The molecular formula is C15H17F3O5. The lowest BCUT2D eigenvalue weighted by molar-refractivity contribution is -0.137. The van der Waals surface area contributed by atoms with Gasteiger partial charge < -0.3 is 19.3 Å². The second kappa shape index (κ2) is 8.54. The quantitative estimate of drug-likeness (QED) is 0.448. The SMILES string of the molecule is CCOC(OCC)/C(=C/C(=O)O)Oc1ccc(C(F)(F)F)cc1. The standard InChI is InChI=1S/C15H17F3O5/c1-3-21-14(22-4-2)12(9-13(19)20)23-11-7-5-10(6-8-11)15(16,17)18/h5-9,14H,3-4H2,1-2H3,(H,19,20)/b12-9-. The van der Waals surface area contributed by atoms with E-state index < -0.39 is 24.0 Å². The van der Waals surface area contributed by atoms with Crippen molar-refractivity contribution in [2.24, 2.45) is 0 Å². The number of hydrogen-bond acceptors (Lipinski definition) is 4. The summed E-state index contributed by atoms with van der Waals surface area (Å²) in [7, 11) is 0. The van der Waals surface area contributed by atoms with Crippen molar-refractivity contribution in [3.05, 3.63) is 41.7 Å². The molecule has 0 heterocycles. The van der Waals surface area contributed by atoms with E-state index in [9.17, 15) is 18.0 Å². The summed E-state index contributed by atoms with van der Waals surface area (Å²) in [4.78, 5) is 10.9. The van der Waals surface area contributed by atoms with Gasteiger partial charge in [-0.25, -0.2) is 4.79 Å². The van der Waals surface area contributed by atoms with E-state index in [1.807, 2.05) is 0 Å². The Bertz CT molecular complexity index is 531. The van der Waals surface area contributed by atoms with Crippen molar-refractivity contribution in [3.63, 3.8) is 0 Å². The minimum absolute atomic E-state index is 0.0370. The lowest BCUT2D eigenvalue weighted by Crippen LogP contribution is -2.24. The topological polar surface area (TPSA) is 65.0 Å². The van der Waals surface area contributed by atoms with Crippen LogP contribution < -0.4 is 4.74 Å². The van der Waals surface area contributed by atoms with Gasteiger partial charge in [0, 0.05) is 13.2 Å². The lowest BCUT2D eigenvalue weighted by atomic mass is 10.2. The largest absolute Gasteiger partial charge is 0.478 e. The summed E-state index contributed by atoms with van der Waals surface area (Å²) in [5.74, 6) is -1.42. The number of rotatable bonds is 8. The summed E-state index contributed by atoms with van der Waals surface area (Å²) < 4.78 is 53.3. The molecule has 1 aromatic rings. The van der Waals surface area contributed by atoms with Gasteiger partial charge in [-0.1, -0.05) is 0 Å². The van der Waals surface area contributed by atoms with Gasteiger partial charge in [0.2, 0.25) is 6.29 Å². The molecule has 1 N–H and O–H groups in total. The fraction of sp³-hybridized carbons (Fsp3) is 0.400. The van der Waals surface area contributed by atoms with Crippen LogP contribution in [0.25, 0.3) is 0 Å². The third-order valence-corrected chi connectivity index (χ3v) is 2.55. The van der Waals surface area contributed by atoms with E-state index in [0.717, 1.165) is 30.3 Å². The van der Waals surface area contributed by atoms with Gasteiger partial charge in [-0.15, -0.1) is 0 Å². The Morgan fingerprint density at radius 2 is 1.70 bits per heavy atom. The highest BCUT2D eigenvalue weighted by molar-refractivity contribution is 5.80. The van der Waals surface area contributed by atoms with Crippen molar-refractivity contribution in [2.45, 2.75) is 26.3 Å². The maximum atomic E-state index is 12.5. The van der Waals surface area contributed by atoms with Crippen LogP contribution in [-0.4, -0.2) is 30.6 Å². The van der Waals surface area contributed by atoms with Crippen molar-refractivity contribution in [1.82, 2.24) is 0 Å². The fourth-order valence-corrected chi connectivity index (χ4v) is 1.63. The Kier molecular flexibility index (Phi) is 7.05. The normalized spacial score (nSPS) is 12.5. The summed E-state index contributed by atoms with van der Waals surface area (Å²) in [6, 6.07) is 3.86. The molecule has 0 aliphatic heterocycles. The molecule has 0 atom stereocenters. The first kappa shape index (κ1) is 19.0. The number of carboxylic acids is 1. The van der Waals surface area contributed by atoms with Gasteiger partial charge in [-0.3, -0.25) is 0 Å². The molecule has 0 spiro atoms. The van der Waals surface area contributed by atoms with E-state index in [-0.39, 0.29) is 24.7 Å². The molecule has 1 rings (SSSR count). The molecule has 0 amide bonds. The number of benzene rings is 1. The van der Waals surface area contributed by atoms with E-state index in [4.69, 9.17) is 19.3 Å². The average Bonchev–Trinajstić information content (AvgIpc) is 2.45. The second-order valence-electron chi connectivity index (χ2n) is 4.25. The minimum atomic E-state index is -4.46. The van der Waals surface area contributed by atoms with Crippen LogP contribution in [0.1, 0.15) is 19.4 Å². The van der Waals surface area contributed by atoms with Crippen molar-refractivity contribution in [2.75, 3.05) is 13.2 Å². The molecule has 0 fully saturated rings. The van der Waals surface area contributed by atoms with Crippen LogP contribution in [0.15, 0.2) is 36.1 Å². The van der Waals surface area contributed by atoms with Gasteiger partial charge in [0.05, 0.1) is 11.6 Å². The minimum Gasteiger partial charge on any atom is -0.478 e. The molecule has 0 radical (unpaired) electrons. The molecule has 128 valence electrons. The van der Waals surface area contributed by atoms with E-state index in [1.54, 1.807) is 13.8 Å². The molecule has 0 saturated carbocycles. The van der Waals surface area contributed by atoms with E-state index in [1.165, 1.54) is 0 Å². The number of hydrogen-bond donors (Lipinski definition) is 1. The lowest BCUT2D eigenvalue weighted by Gasteiger charge is -2.20. The van der Waals surface area contributed by atoms with Crippen LogP contribution in [0.5, 0.6) is 5.75 Å². The summed E-state index contributed by atoms with van der Waals surface area (Å²) in [5.41, 5.74) is -0.834. The zero-order chi connectivity index (χ0) is 17.5. The molecule has 0 aliphatic rings. The van der Waals surface area contributed by atoms with Crippen LogP contribution >= 0.6 is 0 Å². The first-order valence-corrected chi connectivity index (χ1v) is 6.80. The molecular weight excluding hydrogens is 317 g/mol. The molecule has 0 aliphatic carbocycles. The second-order valence-corrected chi connectivity index (χ2v) is 4.25. The van der Waals surface area contributed by atoms with Gasteiger partial charge in [-0.2, -0.15) is 13.2 Å². The fourth-order valence-electron chi connectivity index (χ4n) is 1.63. The number of halogens is 3. The van der Waals surface area contributed by atoms with Crippen LogP contribution in [0.2, 0.25) is 0 Å². The zero-order valence-corrected chi connectivity index (χ0v) is 12.6. The first-order chi connectivity index (χ1) is 10.8. The van der Waals surface area contributed by atoms with Crippen molar-refractivity contribution in [1.29, 1.82) is 0 Å². The van der Waals surface area contributed by atoms with Gasteiger partial charge in [-0.05, 0) is 38.1 Å². The highest BCUT2D eigenvalue weighted by Gasteiger charge is 2.30. The molecule has 1 aromatic carbocycles.